The maximum absolute atomic E-state index is 12.6. The molecule has 1 aromatic carbocycles. The van der Waals surface area contributed by atoms with Gasteiger partial charge >= 0.3 is 0 Å². The fourth-order valence-corrected chi connectivity index (χ4v) is 3.48. The minimum absolute atomic E-state index is 0.00237. The summed E-state index contributed by atoms with van der Waals surface area (Å²) in [6, 6.07) is 9.27. The van der Waals surface area contributed by atoms with Crippen LogP contribution >= 0.6 is 0 Å². The molecule has 0 aliphatic carbocycles. The van der Waals surface area contributed by atoms with Gasteiger partial charge < -0.3 is 5.32 Å². The van der Waals surface area contributed by atoms with Crippen LogP contribution in [-0.2, 0) is 11.2 Å². The van der Waals surface area contributed by atoms with Crippen molar-refractivity contribution in [3.8, 4) is 0 Å². The summed E-state index contributed by atoms with van der Waals surface area (Å²) in [6.07, 6.45) is 7.76. The van der Waals surface area contributed by atoms with Gasteiger partial charge in [0, 0.05) is 35.8 Å². The molecule has 0 unspecified atom stereocenters. The maximum Gasteiger partial charge on any atom is 0.272 e. The Morgan fingerprint density at radius 1 is 1.14 bits per heavy atom. The van der Waals surface area contributed by atoms with Gasteiger partial charge in [-0.05, 0) is 36.6 Å². The molecule has 0 spiro atoms. The molecule has 2 heterocycles. The van der Waals surface area contributed by atoms with Gasteiger partial charge in [-0.3, -0.25) is 14.6 Å². The molecule has 1 amide bonds. The zero-order valence-corrected chi connectivity index (χ0v) is 16.4. The molecule has 0 saturated carbocycles. The monoisotopic (exact) mass is 378 g/mol. The standard InChI is InChI=1S/C22H26N4O2/c1-3-6-16(7-4-2)21(27)24-17-9-10-18-19(13-17)22(28)26-25-20(18)12-15-8-5-11-23-14-15/h5,8-11,13-14,16H,3-4,6-7,12H2,1-2H3,(H,24,27)(H,26,28). The topological polar surface area (TPSA) is 87.7 Å². The van der Waals surface area contributed by atoms with Crippen molar-refractivity contribution in [1.82, 2.24) is 15.2 Å². The lowest BCUT2D eigenvalue weighted by Crippen LogP contribution is -2.23. The van der Waals surface area contributed by atoms with Crippen LogP contribution in [0.25, 0.3) is 10.8 Å². The molecular formula is C22H26N4O2. The Morgan fingerprint density at radius 3 is 2.61 bits per heavy atom. The molecule has 2 N–H and O–H groups in total. The highest BCUT2D eigenvalue weighted by atomic mass is 16.2. The molecule has 146 valence electrons. The normalized spacial score (nSPS) is 11.1. The van der Waals surface area contributed by atoms with E-state index in [0.717, 1.165) is 42.3 Å². The van der Waals surface area contributed by atoms with Gasteiger partial charge in [0.2, 0.25) is 5.91 Å². The van der Waals surface area contributed by atoms with Gasteiger partial charge in [0.15, 0.2) is 0 Å². The molecule has 0 radical (unpaired) electrons. The average molecular weight is 378 g/mol. The first kappa shape index (κ1) is 19.7. The number of carbonyl (C=O) groups excluding carboxylic acids is 1. The number of benzene rings is 1. The van der Waals surface area contributed by atoms with E-state index in [1.807, 2.05) is 24.3 Å². The molecule has 0 atom stereocenters. The highest BCUT2D eigenvalue weighted by molar-refractivity contribution is 5.95. The summed E-state index contributed by atoms with van der Waals surface area (Å²) >= 11 is 0. The molecule has 28 heavy (non-hydrogen) atoms. The maximum atomic E-state index is 12.6. The molecule has 0 aliphatic rings. The summed E-state index contributed by atoms with van der Waals surface area (Å²) in [6.45, 7) is 4.17. The van der Waals surface area contributed by atoms with Crippen LogP contribution in [0.4, 0.5) is 5.69 Å². The number of amides is 1. The van der Waals surface area contributed by atoms with E-state index in [1.54, 1.807) is 18.5 Å². The molecule has 0 saturated heterocycles. The number of pyridine rings is 1. The van der Waals surface area contributed by atoms with Crippen molar-refractivity contribution in [2.45, 2.75) is 46.0 Å². The van der Waals surface area contributed by atoms with Gasteiger partial charge in [-0.2, -0.15) is 5.10 Å². The third-order valence-corrected chi connectivity index (χ3v) is 4.87. The predicted molar refractivity (Wildman–Crippen MR) is 111 cm³/mol. The minimum Gasteiger partial charge on any atom is -0.326 e. The van der Waals surface area contributed by atoms with Gasteiger partial charge in [-0.15, -0.1) is 0 Å². The van der Waals surface area contributed by atoms with E-state index in [2.05, 4.69) is 34.3 Å². The Morgan fingerprint density at radius 2 is 1.93 bits per heavy atom. The molecule has 0 bridgehead atoms. The van der Waals surface area contributed by atoms with Crippen molar-refractivity contribution in [2.24, 2.45) is 5.92 Å². The minimum atomic E-state index is -0.264. The SMILES string of the molecule is CCCC(CCC)C(=O)Nc1ccc2c(Cc3cccnc3)n[nH]c(=O)c2c1. The van der Waals surface area contributed by atoms with Crippen LogP contribution in [0, 0.1) is 5.92 Å². The van der Waals surface area contributed by atoms with Crippen LogP contribution < -0.4 is 10.9 Å². The Balaban J connectivity index is 1.88. The zero-order valence-electron chi connectivity index (χ0n) is 16.4. The fraction of sp³-hybridized carbons (Fsp3) is 0.364. The van der Waals surface area contributed by atoms with Crippen LogP contribution in [-0.4, -0.2) is 21.1 Å². The van der Waals surface area contributed by atoms with Crippen LogP contribution in [0.15, 0.2) is 47.5 Å². The number of nitrogens with one attached hydrogen (secondary N) is 2. The van der Waals surface area contributed by atoms with Gasteiger partial charge in [-0.1, -0.05) is 38.8 Å². The number of aromatic amines is 1. The highest BCUT2D eigenvalue weighted by Crippen LogP contribution is 2.22. The molecule has 2 aromatic heterocycles. The lowest BCUT2D eigenvalue weighted by molar-refractivity contribution is -0.120. The fourth-order valence-electron chi connectivity index (χ4n) is 3.48. The molecule has 6 nitrogen and oxygen atoms in total. The first-order valence-electron chi connectivity index (χ1n) is 9.83. The summed E-state index contributed by atoms with van der Waals surface area (Å²) in [4.78, 5) is 29.0. The summed E-state index contributed by atoms with van der Waals surface area (Å²) in [5, 5.41) is 11.1. The first-order chi connectivity index (χ1) is 13.6. The Labute approximate surface area is 164 Å². The van der Waals surface area contributed by atoms with Crippen molar-refractivity contribution in [2.75, 3.05) is 5.32 Å². The second kappa shape index (κ2) is 9.26. The molecule has 0 aliphatic heterocycles. The number of fused-ring (bicyclic) bond motifs is 1. The zero-order chi connectivity index (χ0) is 19.9. The number of aromatic nitrogens is 3. The van der Waals surface area contributed by atoms with Gasteiger partial charge in [-0.25, -0.2) is 5.10 Å². The quantitative estimate of drug-likeness (QED) is 0.619. The number of hydrogen-bond donors (Lipinski definition) is 2. The van der Waals surface area contributed by atoms with Crippen LogP contribution in [0.1, 0.15) is 50.8 Å². The van der Waals surface area contributed by atoms with Crippen molar-refractivity contribution in [3.63, 3.8) is 0 Å². The highest BCUT2D eigenvalue weighted by Gasteiger charge is 2.17. The number of H-pyrrole nitrogens is 1. The second-order valence-electron chi connectivity index (χ2n) is 7.06. The van der Waals surface area contributed by atoms with E-state index in [4.69, 9.17) is 0 Å². The van der Waals surface area contributed by atoms with E-state index < -0.39 is 0 Å². The van der Waals surface area contributed by atoms with Crippen LogP contribution in [0.3, 0.4) is 0 Å². The molecule has 6 heteroatoms. The molecule has 3 rings (SSSR count). The van der Waals surface area contributed by atoms with E-state index in [1.165, 1.54) is 0 Å². The van der Waals surface area contributed by atoms with E-state index >= 15 is 0 Å². The van der Waals surface area contributed by atoms with Crippen molar-refractivity contribution in [1.29, 1.82) is 0 Å². The smallest absolute Gasteiger partial charge is 0.272 e. The largest absolute Gasteiger partial charge is 0.326 e. The molecule has 0 fully saturated rings. The molecule has 3 aromatic rings. The first-order valence-corrected chi connectivity index (χ1v) is 9.83. The van der Waals surface area contributed by atoms with Gasteiger partial charge in [0.1, 0.15) is 0 Å². The number of anilines is 1. The third-order valence-electron chi connectivity index (χ3n) is 4.87. The summed E-state index contributed by atoms with van der Waals surface area (Å²) in [5.74, 6) is 0.0201. The van der Waals surface area contributed by atoms with Crippen LogP contribution in [0.2, 0.25) is 0 Å². The Kier molecular flexibility index (Phi) is 6.53. The predicted octanol–water partition coefficient (Wildman–Crippen LogP) is 4.06. The molecular weight excluding hydrogens is 352 g/mol. The summed E-state index contributed by atoms with van der Waals surface area (Å²) in [7, 11) is 0. The lowest BCUT2D eigenvalue weighted by Gasteiger charge is -2.15. The lowest BCUT2D eigenvalue weighted by atomic mass is 9.97. The van der Waals surface area contributed by atoms with Gasteiger partial charge in [0.05, 0.1) is 11.1 Å². The number of carbonyl (C=O) groups is 1. The second-order valence-corrected chi connectivity index (χ2v) is 7.06. The summed E-state index contributed by atoms with van der Waals surface area (Å²) < 4.78 is 0. The van der Waals surface area contributed by atoms with E-state index in [0.29, 0.717) is 17.5 Å². The van der Waals surface area contributed by atoms with Crippen molar-refractivity contribution >= 4 is 22.4 Å². The van der Waals surface area contributed by atoms with E-state index in [-0.39, 0.29) is 17.4 Å². The van der Waals surface area contributed by atoms with Crippen molar-refractivity contribution < 1.29 is 4.79 Å². The van der Waals surface area contributed by atoms with E-state index in [9.17, 15) is 9.59 Å². The Bertz CT molecular complexity index is 992. The number of rotatable bonds is 8. The number of hydrogen-bond acceptors (Lipinski definition) is 4. The van der Waals surface area contributed by atoms with Crippen LogP contribution in [0.5, 0.6) is 0 Å². The number of nitrogens with zero attached hydrogens (tertiary/aromatic N) is 2. The summed E-state index contributed by atoms with van der Waals surface area (Å²) in [5.41, 5.74) is 2.16. The van der Waals surface area contributed by atoms with Gasteiger partial charge in [0.25, 0.3) is 5.56 Å². The Hall–Kier alpha value is -3.02. The third kappa shape index (κ3) is 4.63. The van der Waals surface area contributed by atoms with Crippen molar-refractivity contribution in [3.05, 3.63) is 64.3 Å². The average Bonchev–Trinajstić information content (AvgIpc) is 2.71.